The van der Waals surface area contributed by atoms with Crippen molar-refractivity contribution in [3.63, 3.8) is 0 Å². The molecular formula is C9H15N3O2. The van der Waals surface area contributed by atoms with E-state index < -0.39 is 0 Å². The zero-order chi connectivity index (χ0) is 10.6. The number of aliphatic hydroxyl groups is 1. The summed E-state index contributed by atoms with van der Waals surface area (Å²) in [4.78, 5) is 17.7. The third-order valence-corrected chi connectivity index (χ3v) is 1.80. The molecule has 1 aromatic rings. The Morgan fingerprint density at radius 2 is 2.43 bits per heavy atom. The lowest BCUT2D eigenvalue weighted by molar-refractivity contribution is 0.244. The van der Waals surface area contributed by atoms with Crippen molar-refractivity contribution in [1.29, 1.82) is 0 Å². The Bertz CT molecular complexity index is 348. The van der Waals surface area contributed by atoms with Crippen molar-refractivity contribution in [2.24, 2.45) is 5.92 Å². The van der Waals surface area contributed by atoms with E-state index in [1.165, 1.54) is 6.07 Å². The van der Waals surface area contributed by atoms with Crippen LogP contribution in [0.4, 0.5) is 5.82 Å². The molecule has 0 aliphatic rings. The standard InChI is InChI=1S/C9H15N3O2/c1-6(5-13)4-10-8-3-9(14)12-7(2)11-8/h3,6,13H,4-5H2,1-2H3,(H2,10,11,12,14). The van der Waals surface area contributed by atoms with Gasteiger partial charge >= 0.3 is 0 Å². The van der Waals surface area contributed by atoms with Crippen LogP contribution in [-0.4, -0.2) is 28.2 Å². The monoisotopic (exact) mass is 197 g/mol. The summed E-state index contributed by atoms with van der Waals surface area (Å²) in [5, 5.41) is 11.8. The molecule has 5 heteroatoms. The lowest BCUT2D eigenvalue weighted by Crippen LogP contribution is -2.18. The minimum absolute atomic E-state index is 0.120. The highest BCUT2D eigenvalue weighted by atomic mass is 16.3. The molecule has 0 amide bonds. The van der Waals surface area contributed by atoms with Gasteiger partial charge in [0.1, 0.15) is 11.6 Å². The molecule has 1 atom stereocenters. The van der Waals surface area contributed by atoms with Gasteiger partial charge in [0.25, 0.3) is 5.56 Å². The number of hydrogen-bond acceptors (Lipinski definition) is 4. The second kappa shape index (κ2) is 4.76. The molecule has 0 aliphatic heterocycles. The number of nitrogens with zero attached hydrogens (tertiary/aromatic N) is 1. The SMILES string of the molecule is Cc1nc(NCC(C)CO)cc(=O)[nH]1. The Morgan fingerprint density at radius 1 is 1.71 bits per heavy atom. The van der Waals surface area contributed by atoms with E-state index in [0.717, 1.165) is 0 Å². The number of anilines is 1. The summed E-state index contributed by atoms with van der Waals surface area (Å²) in [7, 11) is 0. The molecule has 3 N–H and O–H groups in total. The van der Waals surface area contributed by atoms with Crippen molar-refractivity contribution in [3.8, 4) is 0 Å². The molecule has 1 rings (SSSR count). The largest absolute Gasteiger partial charge is 0.396 e. The number of aryl methyl sites for hydroxylation is 1. The topological polar surface area (TPSA) is 78.0 Å². The van der Waals surface area contributed by atoms with Crippen molar-refractivity contribution in [2.45, 2.75) is 13.8 Å². The molecule has 0 aromatic carbocycles. The van der Waals surface area contributed by atoms with Crippen molar-refractivity contribution >= 4 is 5.82 Å². The van der Waals surface area contributed by atoms with Crippen LogP contribution in [0.15, 0.2) is 10.9 Å². The quantitative estimate of drug-likeness (QED) is 0.640. The first kappa shape index (κ1) is 10.7. The van der Waals surface area contributed by atoms with Crippen LogP contribution in [0.5, 0.6) is 0 Å². The fraction of sp³-hybridized carbons (Fsp3) is 0.556. The van der Waals surface area contributed by atoms with Gasteiger partial charge in [0.05, 0.1) is 0 Å². The van der Waals surface area contributed by atoms with Gasteiger partial charge in [-0.3, -0.25) is 4.79 Å². The summed E-state index contributed by atoms with van der Waals surface area (Å²) in [6.07, 6.45) is 0. The number of H-pyrrole nitrogens is 1. The summed E-state index contributed by atoms with van der Waals surface area (Å²) in [5.41, 5.74) is -0.170. The molecule has 0 fully saturated rings. The van der Waals surface area contributed by atoms with Gasteiger partial charge in [-0.2, -0.15) is 0 Å². The zero-order valence-corrected chi connectivity index (χ0v) is 8.37. The Balaban J connectivity index is 2.63. The Morgan fingerprint density at radius 3 is 3.00 bits per heavy atom. The Hall–Kier alpha value is -1.36. The van der Waals surface area contributed by atoms with Crippen LogP contribution in [0.3, 0.4) is 0 Å². The van der Waals surface area contributed by atoms with E-state index in [1.54, 1.807) is 6.92 Å². The second-order valence-corrected chi connectivity index (χ2v) is 3.38. The number of aliphatic hydroxyl groups excluding tert-OH is 1. The molecule has 1 aromatic heterocycles. The normalized spacial score (nSPS) is 12.5. The predicted molar refractivity (Wildman–Crippen MR) is 54.3 cm³/mol. The van der Waals surface area contributed by atoms with E-state index in [-0.39, 0.29) is 18.1 Å². The number of hydrogen-bond donors (Lipinski definition) is 3. The molecule has 1 unspecified atom stereocenters. The fourth-order valence-electron chi connectivity index (χ4n) is 1.01. The highest BCUT2D eigenvalue weighted by molar-refractivity contribution is 5.32. The van der Waals surface area contributed by atoms with Gasteiger partial charge in [0.2, 0.25) is 0 Å². The minimum Gasteiger partial charge on any atom is -0.396 e. The Labute approximate surface area is 82.2 Å². The molecule has 1 heterocycles. The molecule has 0 saturated carbocycles. The van der Waals surface area contributed by atoms with E-state index in [2.05, 4.69) is 15.3 Å². The van der Waals surface area contributed by atoms with Crippen molar-refractivity contribution in [1.82, 2.24) is 9.97 Å². The third-order valence-electron chi connectivity index (χ3n) is 1.80. The molecule has 0 saturated heterocycles. The highest BCUT2D eigenvalue weighted by Gasteiger charge is 2.01. The van der Waals surface area contributed by atoms with E-state index in [0.29, 0.717) is 18.2 Å². The van der Waals surface area contributed by atoms with Crippen LogP contribution < -0.4 is 10.9 Å². The van der Waals surface area contributed by atoms with E-state index >= 15 is 0 Å². The number of nitrogens with one attached hydrogen (secondary N) is 2. The smallest absolute Gasteiger partial charge is 0.252 e. The van der Waals surface area contributed by atoms with Gasteiger partial charge < -0.3 is 15.4 Å². The lowest BCUT2D eigenvalue weighted by Gasteiger charge is -2.09. The highest BCUT2D eigenvalue weighted by Crippen LogP contribution is 2.00. The van der Waals surface area contributed by atoms with Gasteiger partial charge in [0, 0.05) is 19.2 Å². The predicted octanol–water partition coefficient (Wildman–Crippen LogP) is 0.119. The molecular weight excluding hydrogens is 182 g/mol. The summed E-state index contributed by atoms with van der Waals surface area (Å²) < 4.78 is 0. The van der Waals surface area contributed by atoms with Gasteiger partial charge in [-0.25, -0.2) is 4.98 Å². The van der Waals surface area contributed by atoms with Gasteiger partial charge in [0.15, 0.2) is 0 Å². The average Bonchev–Trinajstić information content (AvgIpc) is 2.12. The summed E-state index contributed by atoms with van der Waals surface area (Å²) in [6, 6.07) is 1.40. The molecule has 0 bridgehead atoms. The first-order valence-corrected chi connectivity index (χ1v) is 4.54. The van der Waals surface area contributed by atoms with E-state index in [1.807, 2.05) is 6.92 Å². The lowest BCUT2D eigenvalue weighted by atomic mass is 10.2. The number of aromatic amines is 1. The molecule has 5 nitrogen and oxygen atoms in total. The maximum atomic E-state index is 11.0. The fourth-order valence-corrected chi connectivity index (χ4v) is 1.01. The first-order chi connectivity index (χ1) is 6.61. The number of rotatable bonds is 4. The van der Waals surface area contributed by atoms with Gasteiger partial charge in [-0.05, 0) is 12.8 Å². The molecule has 0 radical (unpaired) electrons. The molecule has 14 heavy (non-hydrogen) atoms. The molecule has 0 spiro atoms. The van der Waals surface area contributed by atoms with Crippen LogP contribution in [0.2, 0.25) is 0 Å². The van der Waals surface area contributed by atoms with Crippen LogP contribution >= 0.6 is 0 Å². The first-order valence-electron chi connectivity index (χ1n) is 4.54. The molecule has 0 aliphatic carbocycles. The van der Waals surface area contributed by atoms with Gasteiger partial charge in [-0.15, -0.1) is 0 Å². The summed E-state index contributed by atoms with van der Waals surface area (Å²) in [6.45, 7) is 4.36. The van der Waals surface area contributed by atoms with E-state index in [4.69, 9.17) is 5.11 Å². The summed E-state index contributed by atoms with van der Waals surface area (Å²) >= 11 is 0. The van der Waals surface area contributed by atoms with Crippen molar-refractivity contribution < 1.29 is 5.11 Å². The molecule has 78 valence electrons. The summed E-state index contributed by atoms with van der Waals surface area (Å²) in [5.74, 6) is 1.28. The average molecular weight is 197 g/mol. The number of aromatic nitrogens is 2. The third kappa shape index (κ3) is 3.18. The van der Waals surface area contributed by atoms with Crippen LogP contribution in [0.25, 0.3) is 0 Å². The Kier molecular flexibility index (Phi) is 3.64. The van der Waals surface area contributed by atoms with Gasteiger partial charge in [-0.1, -0.05) is 6.92 Å². The maximum Gasteiger partial charge on any atom is 0.252 e. The minimum atomic E-state index is -0.170. The van der Waals surface area contributed by atoms with Crippen LogP contribution in [0, 0.1) is 12.8 Å². The van der Waals surface area contributed by atoms with E-state index in [9.17, 15) is 4.79 Å². The maximum absolute atomic E-state index is 11.0. The van der Waals surface area contributed by atoms with Crippen LogP contribution in [-0.2, 0) is 0 Å². The second-order valence-electron chi connectivity index (χ2n) is 3.38. The van der Waals surface area contributed by atoms with Crippen molar-refractivity contribution in [2.75, 3.05) is 18.5 Å². The zero-order valence-electron chi connectivity index (χ0n) is 8.37. The van der Waals surface area contributed by atoms with Crippen LogP contribution in [0.1, 0.15) is 12.7 Å². The van der Waals surface area contributed by atoms with Crippen molar-refractivity contribution in [3.05, 3.63) is 22.2 Å².